The summed E-state index contributed by atoms with van der Waals surface area (Å²) in [5, 5.41) is 12.6. The Balaban J connectivity index is 1.43. The van der Waals surface area contributed by atoms with Crippen molar-refractivity contribution in [2.24, 2.45) is 11.8 Å². The summed E-state index contributed by atoms with van der Waals surface area (Å²) in [6.45, 7) is 3.63. The maximum absolute atomic E-state index is 12.6. The Morgan fingerprint density at radius 3 is 2.60 bits per heavy atom. The van der Waals surface area contributed by atoms with E-state index in [1.54, 1.807) is 23.1 Å². The number of phenolic OH excluding ortho intramolecular Hbond substituents is 1. The van der Waals surface area contributed by atoms with Gasteiger partial charge in [-0.1, -0.05) is 19.4 Å². The van der Waals surface area contributed by atoms with Crippen molar-refractivity contribution >= 4 is 12.0 Å². The van der Waals surface area contributed by atoms with Crippen molar-refractivity contribution in [1.29, 1.82) is 0 Å². The number of rotatable bonds is 6. The SMILES string of the molecule is CC[C@H]1CCCCC1OC(=O)N1CCC(C(=O)NCc2ccc(O)c(OC)c2)CC1. The Labute approximate surface area is 178 Å². The zero-order valence-corrected chi connectivity index (χ0v) is 18.1. The van der Waals surface area contributed by atoms with Crippen molar-refractivity contribution in [1.82, 2.24) is 10.2 Å². The van der Waals surface area contributed by atoms with Crippen LogP contribution in [0.1, 0.15) is 57.4 Å². The van der Waals surface area contributed by atoms with Crippen LogP contribution in [0.15, 0.2) is 18.2 Å². The fraction of sp³-hybridized carbons (Fsp3) is 0.652. The van der Waals surface area contributed by atoms with Crippen LogP contribution < -0.4 is 10.1 Å². The average Bonchev–Trinajstić information content (AvgIpc) is 2.78. The van der Waals surface area contributed by atoms with Gasteiger partial charge in [0.25, 0.3) is 0 Å². The minimum Gasteiger partial charge on any atom is -0.504 e. The third-order valence-corrected chi connectivity index (χ3v) is 6.45. The Morgan fingerprint density at radius 2 is 1.90 bits per heavy atom. The predicted octanol–water partition coefficient (Wildman–Crippen LogP) is 3.83. The molecule has 0 aromatic heterocycles. The number of hydrogen-bond acceptors (Lipinski definition) is 5. The second kappa shape index (κ2) is 10.5. The van der Waals surface area contributed by atoms with Crippen LogP contribution >= 0.6 is 0 Å². The van der Waals surface area contributed by atoms with Gasteiger partial charge in [0.2, 0.25) is 5.91 Å². The van der Waals surface area contributed by atoms with E-state index in [1.807, 2.05) is 0 Å². The highest BCUT2D eigenvalue weighted by Crippen LogP contribution is 2.30. The second-order valence-electron chi connectivity index (χ2n) is 8.36. The molecule has 7 heteroatoms. The van der Waals surface area contributed by atoms with Crippen LogP contribution in [-0.2, 0) is 16.1 Å². The highest BCUT2D eigenvalue weighted by molar-refractivity contribution is 5.79. The quantitative estimate of drug-likeness (QED) is 0.733. The van der Waals surface area contributed by atoms with E-state index in [4.69, 9.17) is 9.47 Å². The van der Waals surface area contributed by atoms with Crippen molar-refractivity contribution in [3.63, 3.8) is 0 Å². The van der Waals surface area contributed by atoms with Gasteiger partial charge in [0, 0.05) is 25.6 Å². The lowest BCUT2D eigenvalue weighted by molar-refractivity contribution is -0.126. The van der Waals surface area contributed by atoms with Gasteiger partial charge in [0.1, 0.15) is 6.10 Å². The monoisotopic (exact) mass is 418 g/mol. The van der Waals surface area contributed by atoms with E-state index in [0.717, 1.165) is 31.2 Å². The number of hydrogen-bond donors (Lipinski definition) is 2. The Hall–Kier alpha value is -2.44. The largest absolute Gasteiger partial charge is 0.504 e. The molecule has 7 nitrogen and oxygen atoms in total. The first kappa shape index (κ1) is 22.2. The standard InChI is InChI=1S/C23H34N2O5/c1-3-17-6-4-5-7-20(17)30-23(28)25-12-10-18(11-13-25)22(27)24-15-16-8-9-19(26)21(14-16)29-2/h8-9,14,17-18,20,26H,3-7,10-13,15H2,1-2H3,(H,24,27)/t17-,20?/m0/s1. The van der Waals surface area contributed by atoms with Gasteiger partial charge >= 0.3 is 6.09 Å². The fourth-order valence-electron chi connectivity index (χ4n) is 4.49. The van der Waals surface area contributed by atoms with Crippen LogP contribution in [0.2, 0.25) is 0 Å². The first-order valence-electron chi connectivity index (χ1n) is 11.1. The van der Waals surface area contributed by atoms with Crippen LogP contribution in [-0.4, -0.2) is 48.3 Å². The number of likely N-dealkylation sites (tertiary alicyclic amines) is 1. The predicted molar refractivity (Wildman–Crippen MR) is 113 cm³/mol. The molecule has 1 aromatic carbocycles. The third-order valence-electron chi connectivity index (χ3n) is 6.45. The van der Waals surface area contributed by atoms with Crippen LogP contribution in [0.4, 0.5) is 4.79 Å². The summed E-state index contributed by atoms with van der Waals surface area (Å²) in [4.78, 5) is 26.9. The smallest absolute Gasteiger partial charge is 0.410 e. The molecule has 1 aliphatic heterocycles. The Kier molecular flexibility index (Phi) is 7.82. The van der Waals surface area contributed by atoms with Gasteiger partial charge < -0.3 is 24.8 Å². The number of methoxy groups -OCH3 is 1. The van der Waals surface area contributed by atoms with Gasteiger partial charge in [-0.05, 0) is 62.1 Å². The Bertz CT molecular complexity index is 730. The van der Waals surface area contributed by atoms with Gasteiger partial charge in [-0.25, -0.2) is 4.79 Å². The van der Waals surface area contributed by atoms with Gasteiger partial charge in [-0.2, -0.15) is 0 Å². The molecule has 3 rings (SSSR count). The number of carbonyl (C=O) groups excluding carboxylic acids is 2. The maximum atomic E-state index is 12.6. The van der Waals surface area contributed by atoms with Crippen LogP contribution in [0.3, 0.4) is 0 Å². The second-order valence-corrected chi connectivity index (χ2v) is 8.36. The fourth-order valence-corrected chi connectivity index (χ4v) is 4.49. The lowest BCUT2D eigenvalue weighted by Gasteiger charge is -2.35. The number of benzene rings is 1. The molecule has 1 aliphatic carbocycles. The summed E-state index contributed by atoms with van der Waals surface area (Å²) in [6.07, 6.45) is 6.61. The molecule has 1 heterocycles. The lowest BCUT2D eigenvalue weighted by atomic mass is 9.85. The number of aromatic hydroxyl groups is 1. The first-order valence-corrected chi connectivity index (χ1v) is 11.1. The van der Waals surface area contributed by atoms with E-state index in [0.29, 0.717) is 44.1 Å². The minimum atomic E-state index is -0.226. The molecule has 0 bridgehead atoms. The first-order chi connectivity index (χ1) is 14.5. The van der Waals surface area contributed by atoms with Gasteiger partial charge in [-0.15, -0.1) is 0 Å². The highest BCUT2D eigenvalue weighted by atomic mass is 16.6. The van der Waals surface area contributed by atoms with Crippen molar-refractivity contribution in [2.75, 3.05) is 20.2 Å². The van der Waals surface area contributed by atoms with E-state index in [-0.39, 0.29) is 29.8 Å². The van der Waals surface area contributed by atoms with Crippen molar-refractivity contribution in [2.45, 2.75) is 64.5 Å². The number of nitrogens with one attached hydrogen (secondary N) is 1. The maximum Gasteiger partial charge on any atom is 0.410 e. The number of nitrogens with zero attached hydrogens (tertiary/aromatic N) is 1. The van der Waals surface area contributed by atoms with E-state index >= 15 is 0 Å². The molecule has 1 unspecified atom stereocenters. The molecular weight excluding hydrogens is 384 g/mol. The molecule has 1 saturated carbocycles. The molecule has 30 heavy (non-hydrogen) atoms. The van der Waals surface area contributed by atoms with E-state index in [9.17, 15) is 14.7 Å². The van der Waals surface area contributed by atoms with Crippen molar-refractivity contribution in [3.05, 3.63) is 23.8 Å². The molecule has 0 radical (unpaired) electrons. The van der Waals surface area contributed by atoms with Gasteiger partial charge in [0.15, 0.2) is 11.5 Å². The number of ether oxygens (including phenoxy) is 2. The number of piperidine rings is 1. The zero-order chi connectivity index (χ0) is 21.5. The van der Waals surface area contributed by atoms with E-state index < -0.39 is 0 Å². The molecule has 0 spiro atoms. The molecule has 2 atom stereocenters. The molecule has 1 aromatic rings. The lowest BCUT2D eigenvalue weighted by Crippen LogP contribution is -2.44. The summed E-state index contributed by atoms with van der Waals surface area (Å²) in [5.74, 6) is 0.825. The summed E-state index contributed by atoms with van der Waals surface area (Å²) >= 11 is 0. The minimum absolute atomic E-state index is 0.00612. The summed E-state index contributed by atoms with van der Waals surface area (Å²) in [5.41, 5.74) is 0.858. The number of amides is 2. The summed E-state index contributed by atoms with van der Waals surface area (Å²) < 4.78 is 10.9. The number of phenols is 1. The van der Waals surface area contributed by atoms with Crippen LogP contribution in [0.25, 0.3) is 0 Å². The molecule has 2 fully saturated rings. The van der Waals surface area contributed by atoms with Crippen LogP contribution in [0, 0.1) is 11.8 Å². The van der Waals surface area contributed by atoms with Crippen molar-refractivity contribution in [3.8, 4) is 11.5 Å². The van der Waals surface area contributed by atoms with E-state index in [1.165, 1.54) is 13.5 Å². The third kappa shape index (κ3) is 5.58. The van der Waals surface area contributed by atoms with E-state index in [2.05, 4.69) is 12.2 Å². The topological polar surface area (TPSA) is 88.1 Å². The molecular formula is C23H34N2O5. The molecule has 2 amide bonds. The number of carbonyl (C=O) groups is 2. The molecule has 2 aliphatic rings. The highest BCUT2D eigenvalue weighted by Gasteiger charge is 2.32. The van der Waals surface area contributed by atoms with Crippen molar-refractivity contribution < 1.29 is 24.2 Å². The van der Waals surface area contributed by atoms with Gasteiger partial charge in [-0.3, -0.25) is 4.79 Å². The molecule has 1 saturated heterocycles. The van der Waals surface area contributed by atoms with Gasteiger partial charge in [0.05, 0.1) is 7.11 Å². The summed E-state index contributed by atoms with van der Waals surface area (Å²) in [7, 11) is 1.49. The summed E-state index contributed by atoms with van der Waals surface area (Å²) in [6, 6.07) is 5.02. The molecule has 2 N–H and O–H groups in total. The zero-order valence-electron chi connectivity index (χ0n) is 18.1. The average molecular weight is 419 g/mol. The Morgan fingerprint density at radius 1 is 1.17 bits per heavy atom. The van der Waals surface area contributed by atoms with Crippen LogP contribution in [0.5, 0.6) is 11.5 Å². The molecule has 166 valence electrons. The normalized spacial score (nSPS) is 22.4.